The number of anilines is 6. The average Bonchev–Trinajstić information content (AvgIpc) is 3.48. The number of hydrogen-bond acceptors (Lipinski definition) is 3. The minimum Gasteiger partial charge on any atom is -0.311 e. The molecule has 5 aromatic carbocycles. The van der Waals surface area contributed by atoms with Crippen LogP contribution in [0.5, 0.6) is 0 Å². The molecule has 0 unspecified atom stereocenters. The first kappa shape index (κ1) is 35.4. The summed E-state index contributed by atoms with van der Waals surface area (Å²) in [5, 5.41) is 2.72. The third-order valence-electron chi connectivity index (χ3n) is 13.0. The van der Waals surface area contributed by atoms with Crippen LogP contribution in [0.4, 0.5) is 33.4 Å². The van der Waals surface area contributed by atoms with Crippen molar-refractivity contribution in [3.63, 3.8) is 0 Å². The predicted octanol–water partition coefficient (Wildman–Crippen LogP) is 12.5. The molecular weight excluding hydrogens is 671 g/mol. The van der Waals surface area contributed by atoms with Crippen molar-refractivity contribution >= 4 is 78.0 Å². The smallest absolute Gasteiger partial charge is 0.254 e. The van der Waals surface area contributed by atoms with Crippen molar-refractivity contribution in [2.75, 3.05) is 9.80 Å². The fourth-order valence-electron chi connectivity index (χ4n) is 9.66. The van der Waals surface area contributed by atoms with Crippen LogP contribution in [0.1, 0.15) is 115 Å². The number of hydrogen-bond donors (Lipinski definition) is 0. The number of thiophene rings is 1. The molecule has 0 atom stereocenters. The van der Waals surface area contributed by atoms with E-state index in [1.54, 1.807) is 0 Å². The summed E-state index contributed by atoms with van der Waals surface area (Å²) in [6.07, 6.45) is 2.39. The number of benzene rings is 5. The Hall–Kier alpha value is -4.28. The van der Waals surface area contributed by atoms with Crippen LogP contribution in [0, 0.1) is 13.8 Å². The minimum absolute atomic E-state index is 0.0742. The maximum atomic E-state index is 2.67. The van der Waals surface area contributed by atoms with Gasteiger partial charge in [-0.3, -0.25) is 0 Å². The molecule has 2 aliphatic heterocycles. The van der Waals surface area contributed by atoms with E-state index in [-0.39, 0.29) is 28.4 Å². The van der Waals surface area contributed by atoms with Gasteiger partial charge in [0.2, 0.25) is 0 Å². The molecule has 9 rings (SSSR count). The van der Waals surface area contributed by atoms with Crippen molar-refractivity contribution < 1.29 is 0 Å². The normalized spacial score (nSPS) is 16.9. The van der Waals surface area contributed by atoms with Crippen LogP contribution < -0.4 is 26.2 Å². The zero-order valence-electron chi connectivity index (χ0n) is 34.5. The van der Waals surface area contributed by atoms with Crippen LogP contribution in [0.25, 0.3) is 10.1 Å². The Morgan fingerprint density at radius 1 is 0.593 bits per heavy atom. The van der Waals surface area contributed by atoms with Gasteiger partial charge in [-0.25, -0.2) is 0 Å². The van der Waals surface area contributed by atoms with Crippen LogP contribution in [-0.4, -0.2) is 6.71 Å². The Kier molecular flexibility index (Phi) is 7.62. The number of rotatable bonds is 2. The van der Waals surface area contributed by atoms with Gasteiger partial charge in [-0.05, 0) is 146 Å². The van der Waals surface area contributed by atoms with Crippen molar-refractivity contribution in [2.24, 2.45) is 0 Å². The van der Waals surface area contributed by atoms with Crippen LogP contribution in [-0.2, 0) is 21.7 Å². The molecule has 0 bridgehead atoms. The van der Waals surface area contributed by atoms with E-state index in [2.05, 4.69) is 184 Å². The molecule has 1 aliphatic carbocycles. The molecule has 6 aromatic rings. The van der Waals surface area contributed by atoms with Gasteiger partial charge in [0.05, 0.1) is 5.00 Å². The summed E-state index contributed by atoms with van der Waals surface area (Å²) in [5.41, 5.74) is 19.4. The van der Waals surface area contributed by atoms with Gasteiger partial charge in [0.15, 0.2) is 0 Å². The summed E-state index contributed by atoms with van der Waals surface area (Å²) in [4.78, 5) is 5.25. The molecule has 1 aromatic heterocycles. The topological polar surface area (TPSA) is 6.48 Å². The second-order valence-corrected chi connectivity index (χ2v) is 20.9. The lowest BCUT2D eigenvalue weighted by molar-refractivity contribution is 0.332. The number of fused-ring (bicyclic) bond motifs is 7. The van der Waals surface area contributed by atoms with Crippen molar-refractivity contribution in [1.29, 1.82) is 0 Å². The fraction of sp³-hybridized carbons (Fsp3) is 0.360. The van der Waals surface area contributed by atoms with Gasteiger partial charge in [-0.15, -0.1) is 11.3 Å². The Morgan fingerprint density at radius 3 is 1.81 bits per heavy atom. The van der Waals surface area contributed by atoms with Crippen LogP contribution in [0.2, 0.25) is 0 Å². The van der Waals surface area contributed by atoms with E-state index in [1.807, 2.05) is 11.3 Å². The molecule has 0 saturated carbocycles. The molecule has 3 aliphatic rings. The van der Waals surface area contributed by atoms with E-state index in [1.165, 1.54) is 106 Å². The van der Waals surface area contributed by atoms with Gasteiger partial charge in [0.25, 0.3) is 6.71 Å². The van der Waals surface area contributed by atoms with Crippen molar-refractivity contribution in [2.45, 2.75) is 118 Å². The largest absolute Gasteiger partial charge is 0.311 e. The molecular formula is C50H55BN2S. The second kappa shape index (κ2) is 11.6. The van der Waals surface area contributed by atoms with E-state index in [0.717, 1.165) is 0 Å². The Labute approximate surface area is 328 Å². The van der Waals surface area contributed by atoms with Crippen LogP contribution in [0.3, 0.4) is 0 Å². The lowest BCUT2D eigenvalue weighted by atomic mass is 9.33. The van der Waals surface area contributed by atoms with Gasteiger partial charge in [0, 0.05) is 33.1 Å². The minimum atomic E-state index is 0.0742. The molecule has 3 heterocycles. The van der Waals surface area contributed by atoms with E-state index in [0.29, 0.717) is 0 Å². The standard InChI is InChI=1S/C50H55BN2S/c1-30-25-41-45-42(26-30)53(39-22-19-33(27-31(39)2)48(6,7)8)40-29-37-36(49(9,10)23-24-50(37,11)12)28-38(40)51(45)44-35-15-13-14-16-43(35)54-46(44)52(41)34-20-17-32(18-21-34)47(3,4)5/h13-22,25-29H,23-24H2,1-12H3. The monoisotopic (exact) mass is 726 g/mol. The lowest BCUT2D eigenvalue weighted by Crippen LogP contribution is -2.61. The molecule has 0 amide bonds. The van der Waals surface area contributed by atoms with Crippen molar-refractivity contribution in [3.8, 4) is 0 Å². The van der Waals surface area contributed by atoms with Gasteiger partial charge < -0.3 is 9.80 Å². The zero-order valence-corrected chi connectivity index (χ0v) is 35.3. The fourth-order valence-corrected chi connectivity index (χ4v) is 10.9. The highest BCUT2D eigenvalue weighted by atomic mass is 32.1. The van der Waals surface area contributed by atoms with Crippen LogP contribution in [0.15, 0.2) is 91.0 Å². The summed E-state index contributed by atoms with van der Waals surface area (Å²) < 4.78 is 1.35. The van der Waals surface area contributed by atoms with Gasteiger partial charge in [-0.1, -0.05) is 118 Å². The van der Waals surface area contributed by atoms with Crippen LogP contribution >= 0.6 is 11.3 Å². The average molecular weight is 727 g/mol. The maximum absolute atomic E-state index is 2.67. The molecule has 54 heavy (non-hydrogen) atoms. The van der Waals surface area contributed by atoms with Crippen molar-refractivity contribution in [1.82, 2.24) is 0 Å². The summed E-state index contributed by atoms with van der Waals surface area (Å²) in [6.45, 7) is 28.5. The predicted molar refractivity (Wildman–Crippen MR) is 238 cm³/mol. The first-order valence-electron chi connectivity index (χ1n) is 20.0. The Morgan fingerprint density at radius 2 is 1.19 bits per heavy atom. The highest BCUT2D eigenvalue weighted by Gasteiger charge is 2.48. The molecule has 4 heteroatoms. The number of nitrogens with zero attached hydrogens (tertiary/aromatic N) is 2. The summed E-state index contributed by atoms with van der Waals surface area (Å²) in [7, 11) is 0. The molecule has 0 radical (unpaired) electrons. The van der Waals surface area contributed by atoms with Gasteiger partial charge >= 0.3 is 0 Å². The van der Waals surface area contributed by atoms with Gasteiger partial charge in [0.1, 0.15) is 0 Å². The molecule has 0 spiro atoms. The Bertz CT molecular complexity index is 2500. The van der Waals surface area contributed by atoms with E-state index >= 15 is 0 Å². The third kappa shape index (κ3) is 5.26. The highest BCUT2D eigenvalue weighted by molar-refractivity contribution is 7.26. The lowest BCUT2D eigenvalue weighted by Gasteiger charge is -2.47. The summed E-state index contributed by atoms with van der Waals surface area (Å²) >= 11 is 1.95. The van der Waals surface area contributed by atoms with E-state index in [9.17, 15) is 0 Å². The molecule has 2 nitrogen and oxygen atoms in total. The molecule has 0 fully saturated rings. The third-order valence-corrected chi connectivity index (χ3v) is 14.2. The molecule has 0 N–H and O–H groups in total. The van der Waals surface area contributed by atoms with Crippen molar-refractivity contribution in [3.05, 3.63) is 124 Å². The first-order valence-corrected chi connectivity index (χ1v) is 20.8. The Balaban J connectivity index is 1.41. The van der Waals surface area contributed by atoms with E-state index in [4.69, 9.17) is 0 Å². The number of aryl methyl sites for hydroxylation is 2. The maximum Gasteiger partial charge on any atom is 0.254 e. The summed E-state index contributed by atoms with van der Waals surface area (Å²) in [5.74, 6) is 0. The molecule has 274 valence electrons. The summed E-state index contributed by atoms with van der Waals surface area (Å²) in [6, 6.07) is 36.0. The highest BCUT2D eigenvalue weighted by Crippen LogP contribution is 2.52. The SMILES string of the molecule is Cc1cc2c3c(c1)N(c1ccc(C(C)(C)C)cc1)c1sc4ccccc4c1B3c1cc3c(cc1N2c1ccc(C(C)(C)C)cc1C)C(C)(C)CCC3(C)C. The van der Waals surface area contributed by atoms with E-state index < -0.39 is 0 Å². The first-order chi connectivity index (χ1) is 25.3. The molecule has 0 saturated heterocycles. The van der Waals surface area contributed by atoms with Gasteiger partial charge in [-0.2, -0.15) is 0 Å². The zero-order chi connectivity index (χ0) is 38.3. The quantitative estimate of drug-likeness (QED) is 0.164. The second-order valence-electron chi connectivity index (χ2n) is 19.9.